The number of hydrogen-bond acceptors (Lipinski definition) is 6. The van der Waals surface area contributed by atoms with Crippen molar-refractivity contribution >= 4 is 23.0 Å². The Kier molecular flexibility index (Phi) is 4.18. The van der Waals surface area contributed by atoms with Gasteiger partial charge in [-0.2, -0.15) is 0 Å². The number of carbonyl (C=O) groups is 1. The van der Waals surface area contributed by atoms with Crippen molar-refractivity contribution < 1.29 is 19.0 Å². The van der Waals surface area contributed by atoms with Crippen LogP contribution in [0.3, 0.4) is 0 Å². The summed E-state index contributed by atoms with van der Waals surface area (Å²) in [4.78, 5) is 26.6. The first-order valence-corrected chi connectivity index (χ1v) is 8.11. The Morgan fingerprint density at radius 1 is 1.15 bits per heavy atom. The summed E-state index contributed by atoms with van der Waals surface area (Å²) in [5.74, 6) is -0.798. The molecule has 26 heavy (non-hydrogen) atoms. The van der Waals surface area contributed by atoms with E-state index >= 15 is 0 Å². The molecule has 1 aliphatic heterocycles. The van der Waals surface area contributed by atoms with Gasteiger partial charge in [-0.1, -0.05) is 0 Å². The molecule has 0 spiro atoms. The van der Waals surface area contributed by atoms with Crippen LogP contribution in [0.4, 0.5) is 10.2 Å². The van der Waals surface area contributed by atoms with Crippen molar-refractivity contribution in [1.82, 2.24) is 15.0 Å². The number of pyridine rings is 1. The monoisotopic (exact) mass is 354 g/mol. The number of aromatic nitrogens is 3. The molecule has 1 fully saturated rings. The standard InChI is InChI=1S/C18H15FN4O3/c19-13-3-1-11(2-4-13)15-17(23-5-7-26-8-6-23)21-14-9-12(18(24)25)10-20-16(14)22-15/h1-4,9-10H,5-8H2,(H,24,25). The number of carboxylic acids is 1. The molecule has 3 heterocycles. The van der Waals surface area contributed by atoms with Gasteiger partial charge in [0.15, 0.2) is 11.5 Å². The molecule has 0 bridgehead atoms. The van der Waals surface area contributed by atoms with E-state index in [-0.39, 0.29) is 11.4 Å². The van der Waals surface area contributed by atoms with E-state index in [0.717, 1.165) is 0 Å². The second-order valence-electron chi connectivity index (χ2n) is 5.87. The van der Waals surface area contributed by atoms with Crippen LogP contribution in [0.15, 0.2) is 36.5 Å². The maximum Gasteiger partial charge on any atom is 0.337 e. The van der Waals surface area contributed by atoms with E-state index in [4.69, 9.17) is 4.74 Å². The van der Waals surface area contributed by atoms with Crippen LogP contribution < -0.4 is 4.90 Å². The molecule has 1 aromatic carbocycles. The number of morpholine rings is 1. The summed E-state index contributed by atoms with van der Waals surface area (Å²) in [6.45, 7) is 2.41. The predicted octanol–water partition coefficient (Wildman–Crippen LogP) is 2.37. The van der Waals surface area contributed by atoms with Gasteiger partial charge in [0.05, 0.1) is 18.8 Å². The molecule has 132 valence electrons. The molecule has 0 aliphatic carbocycles. The largest absolute Gasteiger partial charge is 0.478 e. The second kappa shape index (κ2) is 6.64. The Morgan fingerprint density at radius 2 is 1.88 bits per heavy atom. The maximum absolute atomic E-state index is 13.3. The van der Waals surface area contributed by atoms with Gasteiger partial charge in [0.25, 0.3) is 0 Å². The molecule has 1 N–H and O–H groups in total. The summed E-state index contributed by atoms with van der Waals surface area (Å²) in [7, 11) is 0. The Hall–Kier alpha value is -3.13. The minimum Gasteiger partial charge on any atom is -0.478 e. The van der Waals surface area contributed by atoms with E-state index in [1.807, 2.05) is 4.90 Å². The molecule has 8 heteroatoms. The van der Waals surface area contributed by atoms with E-state index in [0.29, 0.717) is 54.5 Å². The van der Waals surface area contributed by atoms with Crippen molar-refractivity contribution in [1.29, 1.82) is 0 Å². The van der Waals surface area contributed by atoms with Gasteiger partial charge in [0.2, 0.25) is 0 Å². The quantitative estimate of drug-likeness (QED) is 0.772. The van der Waals surface area contributed by atoms with E-state index in [1.54, 1.807) is 12.1 Å². The fraction of sp³-hybridized carbons (Fsp3) is 0.222. The average Bonchev–Trinajstić information content (AvgIpc) is 2.68. The van der Waals surface area contributed by atoms with E-state index in [9.17, 15) is 14.3 Å². The number of halogens is 1. The zero-order chi connectivity index (χ0) is 18.1. The van der Waals surface area contributed by atoms with E-state index < -0.39 is 5.97 Å². The second-order valence-corrected chi connectivity index (χ2v) is 5.87. The van der Waals surface area contributed by atoms with Gasteiger partial charge in [-0.05, 0) is 30.3 Å². The minimum atomic E-state index is -1.07. The summed E-state index contributed by atoms with van der Waals surface area (Å²) in [6, 6.07) is 7.47. The third kappa shape index (κ3) is 3.06. The third-order valence-electron chi connectivity index (χ3n) is 4.18. The Labute approximate surface area is 148 Å². The molecule has 0 amide bonds. The molecule has 1 aliphatic rings. The Morgan fingerprint density at radius 3 is 2.58 bits per heavy atom. The number of fused-ring (bicyclic) bond motifs is 1. The molecule has 1 saturated heterocycles. The first kappa shape index (κ1) is 16.3. The van der Waals surface area contributed by atoms with E-state index in [2.05, 4.69) is 15.0 Å². The zero-order valence-electron chi connectivity index (χ0n) is 13.7. The predicted molar refractivity (Wildman–Crippen MR) is 92.7 cm³/mol. The van der Waals surface area contributed by atoms with Crippen LogP contribution in [0, 0.1) is 5.82 Å². The first-order chi connectivity index (χ1) is 12.6. The van der Waals surface area contributed by atoms with Crippen LogP contribution in [0.2, 0.25) is 0 Å². The van der Waals surface area contributed by atoms with Gasteiger partial charge in [0.1, 0.15) is 17.0 Å². The van der Waals surface area contributed by atoms with Gasteiger partial charge in [0, 0.05) is 24.8 Å². The molecule has 7 nitrogen and oxygen atoms in total. The number of carboxylic acid groups (broad SMARTS) is 1. The lowest BCUT2D eigenvalue weighted by Gasteiger charge is -2.29. The summed E-state index contributed by atoms with van der Waals surface area (Å²) in [5.41, 5.74) is 2.08. The number of benzene rings is 1. The van der Waals surface area contributed by atoms with Crippen LogP contribution >= 0.6 is 0 Å². The summed E-state index contributed by atoms with van der Waals surface area (Å²) >= 11 is 0. The van der Waals surface area contributed by atoms with Crippen LogP contribution in [-0.2, 0) is 4.74 Å². The highest BCUT2D eigenvalue weighted by atomic mass is 19.1. The van der Waals surface area contributed by atoms with Crippen LogP contribution in [0.5, 0.6) is 0 Å². The molecule has 0 unspecified atom stereocenters. The molecular weight excluding hydrogens is 339 g/mol. The lowest BCUT2D eigenvalue weighted by Crippen LogP contribution is -2.37. The van der Waals surface area contributed by atoms with Gasteiger partial charge in [-0.25, -0.2) is 24.1 Å². The number of nitrogens with zero attached hydrogens (tertiary/aromatic N) is 4. The molecule has 0 saturated carbocycles. The summed E-state index contributed by atoms with van der Waals surface area (Å²) in [5, 5.41) is 9.17. The fourth-order valence-corrected chi connectivity index (χ4v) is 2.85. The van der Waals surface area contributed by atoms with Crippen LogP contribution in [0.1, 0.15) is 10.4 Å². The molecule has 0 radical (unpaired) electrons. The van der Waals surface area contributed by atoms with Gasteiger partial charge < -0.3 is 14.7 Å². The highest BCUT2D eigenvalue weighted by molar-refractivity contribution is 5.91. The normalized spacial score (nSPS) is 14.6. The zero-order valence-corrected chi connectivity index (χ0v) is 13.7. The Balaban J connectivity index is 1.90. The Bertz CT molecular complexity index is 972. The van der Waals surface area contributed by atoms with E-state index in [1.165, 1.54) is 24.4 Å². The molecule has 2 aromatic heterocycles. The molecule has 0 atom stereocenters. The number of rotatable bonds is 3. The van der Waals surface area contributed by atoms with Crippen molar-refractivity contribution in [2.45, 2.75) is 0 Å². The lowest BCUT2D eigenvalue weighted by atomic mass is 10.1. The average molecular weight is 354 g/mol. The minimum absolute atomic E-state index is 0.0502. The van der Waals surface area contributed by atoms with Gasteiger partial charge in [-0.15, -0.1) is 0 Å². The van der Waals surface area contributed by atoms with Crippen molar-refractivity contribution in [2.24, 2.45) is 0 Å². The molecular formula is C18H15FN4O3. The number of anilines is 1. The number of aromatic carboxylic acids is 1. The molecule has 3 aromatic rings. The van der Waals surface area contributed by atoms with Crippen molar-refractivity contribution in [3.05, 3.63) is 47.9 Å². The van der Waals surface area contributed by atoms with Crippen LogP contribution in [-0.4, -0.2) is 52.3 Å². The third-order valence-corrected chi connectivity index (χ3v) is 4.18. The van der Waals surface area contributed by atoms with Crippen molar-refractivity contribution in [3.63, 3.8) is 0 Å². The topological polar surface area (TPSA) is 88.4 Å². The summed E-state index contributed by atoms with van der Waals surface area (Å²) in [6.07, 6.45) is 1.25. The smallest absolute Gasteiger partial charge is 0.337 e. The molecule has 4 rings (SSSR count). The highest BCUT2D eigenvalue weighted by Crippen LogP contribution is 2.30. The fourth-order valence-electron chi connectivity index (χ4n) is 2.85. The SMILES string of the molecule is O=C(O)c1cnc2nc(-c3ccc(F)cc3)c(N3CCOCC3)nc2c1. The number of hydrogen-bond donors (Lipinski definition) is 1. The van der Waals surface area contributed by atoms with Crippen molar-refractivity contribution in [3.8, 4) is 11.3 Å². The lowest BCUT2D eigenvalue weighted by molar-refractivity contribution is 0.0696. The first-order valence-electron chi connectivity index (χ1n) is 8.11. The van der Waals surface area contributed by atoms with Crippen LogP contribution in [0.25, 0.3) is 22.4 Å². The van der Waals surface area contributed by atoms with Crippen molar-refractivity contribution in [2.75, 3.05) is 31.2 Å². The van der Waals surface area contributed by atoms with Gasteiger partial charge >= 0.3 is 5.97 Å². The van der Waals surface area contributed by atoms with Gasteiger partial charge in [-0.3, -0.25) is 0 Å². The summed E-state index contributed by atoms with van der Waals surface area (Å²) < 4.78 is 18.7. The number of ether oxygens (including phenoxy) is 1. The maximum atomic E-state index is 13.3. The highest BCUT2D eigenvalue weighted by Gasteiger charge is 2.20.